The lowest BCUT2D eigenvalue weighted by molar-refractivity contribution is 0.0365. The molecule has 3 heterocycles. The molecule has 1 saturated heterocycles. The van der Waals surface area contributed by atoms with Crippen LogP contribution in [0.1, 0.15) is 5.56 Å². The summed E-state index contributed by atoms with van der Waals surface area (Å²) in [5.41, 5.74) is 2.02. The van der Waals surface area contributed by atoms with E-state index in [2.05, 4.69) is 9.47 Å². The van der Waals surface area contributed by atoms with E-state index >= 15 is 0 Å². The highest BCUT2D eigenvalue weighted by Crippen LogP contribution is 2.19. The highest BCUT2D eigenvalue weighted by atomic mass is 16.5. The molecule has 1 aliphatic heterocycles. The fourth-order valence-corrected chi connectivity index (χ4v) is 3.64. The van der Waals surface area contributed by atoms with E-state index in [1.54, 1.807) is 11.7 Å². The van der Waals surface area contributed by atoms with Gasteiger partial charge in [0.2, 0.25) is 0 Å². The van der Waals surface area contributed by atoms with Gasteiger partial charge in [0.05, 0.1) is 37.8 Å². The SMILES string of the molecule is COc1ccccc1Cn1ccc2c(ccn2CCN2CCOCC2)c1=O. The van der Waals surface area contributed by atoms with Crippen molar-refractivity contribution in [2.75, 3.05) is 40.0 Å². The van der Waals surface area contributed by atoms with Crippen LogP contribution in [0, 0.1) is 0 Å². The number of pyridine rings is 1. The highest BCUT2D eigenvalue weighted by molar-refractivity contribution is 5.78. The summed E-state index contributed by atoms with van der Waals surface area (Å²) in [6.45, 7) is 5.91. The van der Waals surface area contributed by atoms with Gasteiger partial charge in [0.1, 0.15) is 5.75 Å². The number of methoxy groups -OCH3 is 1. The number of fused-ring (bicyclic) bond motifs is 1. The second-order valence-corrected chi connectivity index (χ2v) is 6.82. The molecular formula is C21H25N3O3. The second kappa shape index (κ2) is 7.98. The number of para-hydroxylation sites is 1. The van der Waals surface area contributed by atoms with Crippen molar-refractivity contribution in [1.82, 2.24) is 14.0 Å². The molecular weight excluding hydrogens is 342 g/mol. The zero-order valence-corrected chi connectivity index (χ0v) is 15.6. The van der Waals surface area contributed by atoms with Gasteiger partial charge in [-0.1, -0.05) is 18.2 Å². The van der Waals surface area contributed by atoms with Crippen LogP contribution in [0.3, 0.4) is 0 Å². The molecule has 4 rings (SSSR count). The number of ether oxygens (including phenoxy) is 2. The summed E-state index contributed by atoms with van der Waals surface area (Å²) >= 11 is 0. The second-order valence-electron chi connectivity index (χ2n) is 6.82. The van der Waals surface area contributed by atoms with Crippen molar-refractivity contribution in [2.45, 2.75) is 13.1 Å². The number of morpholine rings is 1. The van der Waals surface area contributed by atoms with E-state index in [1.807, 2.05) is 48.8 Å². The third-order valence-corrected chi connectivity index (χ3v) is 5.20. The number of aromatic nitrogens is 2. The smallest absolute Gasteiger partial charge is 0.260 e. The van der Waals surface area contributed by atoms with Crippen LogP contribution in [-0.4, -0.2) is 54.0 Å². The summed E-state index contributed by atoms with van der Waals surface area (Å²) in [7, 11) is 1.65. The molecule has 6 heteroatoms. The molecule has 0 amide bonds. The molecule has 3 aromatic rings. The predicted molar refractivity (Wildman–Crippen MR) is 106 cm³/mol. The van der Waals surface area contributed by atoms with Crippen LogP contribution < -0.4 is 10.3 Å². The van der Waals surface area contributed by atoms with E-state index in [1.165, 1.54) is 0 Å². The molecule has 0 bridgehead atoms. The number of hydrogen-bond acceptors (Lipinski definition) is 4. The van der Waals surface area contributed by atoms with Gasteiger partial charge in [0, 0.05) is 44.1 Å². The van der Waals surface area contributed by atoms with Gasteiger partial charge in [0.25, 0.3) is 5.56 Å². The summed E-state index contributed by atoms with van der Waals surface area (Å²) < 4.78 is 14.7. The van der Waals surface area contributed by atoms with Crippen molar-refractivity contribution in [3.8, 4) is 5.75 Å². The molecule has 0 atom stereocenters. The molecule has 0 N–H and O–H groups in total. The Hall–Kier alpha value is -2.57. The van der Waals surface area contributed by atoms with Crippen LogP contribution in [0.5, 0.6) is 5.75 Å². The van der Waals surface area contributed by atoms with Gasteiger partial charge in [-0.3, -0.25) is 9.69 Å². The van der Waals surface area contributed by atoms with Crippen LogP contribution in [0.4, 0.5) is 0 Å². The Morgan fingerprint density at radius 3 is 2.59 bits per heavy atom. The first-order valence-electron chi connectivity index (χ1n) is 9.36. The van der Waals surface area contributed by atoms with Crippen LogP contribution in [-0.2, 0) is 17.8 Å². The van der Waals surface area contributed by atoms with Crippen LogP contribution in [0.25, 0.3) is 10.9 Å². The summed E-state index contributed by atoms with van der Waals surface area (Å²) in [4.78, 5) is 15.3. The van der Waals surface area contributed by atoms with Gasteiger partial charge in [-0.2, -0.15) is 0 Å². The zero-order chi connectivity index (χ0) is 18.6. The summed E-state index contributed by atoms with van der Waals surface area (Å²) in [5, 5.41) is 0.759. The molecule has 2 aromatic heterocycles. The Bertz CT molecular complexity index is 970. The maximum Gasteiger partial charge on any atom is 0.260 e. The van der Waals surface area contributed by atoms with Gasteiger partial charge < -0.3 is 18.6 Å². The molecule has 1 aliphatic rings. The number of nitrogens with zero attached hydrogens (tertiary/aromatic N) is 3. The van der Waals surface area contributed by atoms with Crippen molar-refractivity contribution in [2.24, 2.45) is 0 Å². The standard InChI is InChI=1S/C21H25N3O3/c1-26-20-5-3-2-4-17(20)16-24-9-7-19-18(21(24)25)6-8-23(19)11-10-22-12-14-27-15-13-22/h2-9H,10-16H2,1H3. The van der Waals surface area contributed by atoms with Crippen molar-refractivity contribution in [3.63, 3.8) is 0 Å². The van der Waals surface area contributed by atoms with E-state index in [9.17, 15) is 4.79 Å². The lowest BCUT2D eigenvalue weighted by Gasteiger charge is -2.26. The Morgan fingerprint density at radius 1 is 1.00 bits per heavy atom. The van der Waals surface area contributed by atoms with Crippen molar-refractivity contribution >= 4 is 10.9 Å². The topological polar surface area (TPSA) is 48.6 Å². The Balaban J connectivity index is 1.55. The normalized spacial score (nSPS) is 15.3. The quantitative estimate of drug-likeness (QED) is 0.670. The molecule has 0 aliphatic carbocycles. The fourth-order valence-electron chi connectivity index (χ4n) is 3.64. The zero-order valence-electron chi connectivity index (χ0n) is 15.6. The first-order chi connectivity index (χ1) is 13.3. The minimum absolute atomic E-state index is 0.0310. The maximum absolute atomic E-state index is 12.9. The van der Waals surface area contributed by atoms with Gasteiger partial charge >= 0.3 is 0 Å². The average Bonchev–Trinajstić information content (AvgIpc) is 3.13. The molecule has 0 spiro atoms. The van der Waals surface area contributed by atoms with Crippen molar-refractivity contribution < 1.29 is 9.47 Å². The van der Waals surface area contributed by atoms with Crippen LogP contribution in [0.2, 0.25) is 0 Å². The molecule has 0 radical (unpaired) electrons. The molecule has 1 aromatic carbocycles. The van der Waals surface area contributed by atoms with E-state index in [0.29, 0.717) is 6.54 Å². The van der Waals surface area contributed by atoms with Crippen LogP contribution >= 0.6 is 0 Å². The Labute approximate surface area is 158 Å². The third kappa shape index (κ3) is 3.77. The van der Waals surface area contributed by atoms with Gasteiger partial charge in [-0.15, -0.1) is 0 Å². The van der Waals surface area contributed by atoms with E-state index in [0.717, 1.165) is 61.6 Å². The first-order valence-corrected chi connectivity index (χ1v) is 9.36. The van der Waals surface area contributed by atoms with E-state index < -0.39 is 0 Å². The van der Waals surface area contributed by atoms with Gasteiger partial charge in [0.15, 0.2) is 0 Å². The fraction of sp³-hybridized carbons (Fsp3) is 0.381. The van der Waals surface area contributed by atoms with Crippen molar-refractivity contribution in [1.29, 1.82) is 0 Å². The minimum Gasteiger partial charge on any atom is -0.496 e. The molecule has 1 fully saturated rings. The summed E-state index contributed by atoms with van der Waals surface area (Å²) in [6, 6.07) is 11.8. The predicted octanol–water partition coefficient (Wildman–Crippen LogP) is 2.19. The monoisotopic (exact) mass is 367 g/mol. The molecule has 6 nitrogen and oxygen atoms in total. The van der Waals surface area contributed by atoms with Crippen molar-refractivity contribution in [3.05, 3.63) is 64.7 Å². The Kier molecular flexibility index (Phi) is 5.27. The van der Waals surface area contributed by atoms with Crippen LogP contribution in [0.15, 0.2) is 53.6 Å². The lowest BCUT2D eigenvalue weighted by Crippen LogP contribution is -2.38. The number of rotatable bonds is 6. The molecule has 0 unspecified atom stereocenters. The number of benzene rings is 1. The van der Waals surface area contributed by atoms with Gasteiger partial charge in [-0.25, -0.2) is 0 Å². The van der Waals surface area contributed by atoms with E-state index in [4.69, 9.17) is 9.47 Å². The summed E-state index contributed by atoms with van der Waals surface area (Å²) in [6.07, 6.45) is 3.89. The molecule has 142 valence electrons. The molecule has 27 heavy (non-hydrogen) atoms. The first kappa shape index (κ1) is 17.8. The van der Waals surface area contributed by atoms with E-state index in [-0.39, 0.29) is 5.56 Å². The summed E-state index contributed by atoms with van der Waals surface area (Å²) in [5.74, 6) is 0.799. The van der Waals surface area contributed by atoms with Gasteiger partial charge in [-0.05, 0) is 18.2 Å². The molecule has 0 saturated carbocycles. The third-order valence-electron chi connectivity index (χ3n) is 5.20. The largest absolute Gasteiger partial charge is 0.496 e. The lowest BCUT2D eigenvalue weighted by atomic mass is 10.2. The minimum atomic E-state index is 0.0310. The average molecular weight is 367 g/mol. The Morgan fingerprint density at radius 2 is 1.78 bits per heavy atom. The highest BCUT2D eigenvalue weighted by Gasteiger charge is 2.12. The number of hydrogen-bond donors (Lipinski definition) is 0. The maximum atomic E-state index is 12.9.